The number of ether oxygens (including phenoxy) is 1. The molecule has 5 nitrogen and oxygen atoms in total. The highest BCUT2D eigenvalue weighted by Gasteiger charge is 2.32. The van der Waals surface area contributed by atoms with Gasteiger partial charge in [-0.05, 0) is 24.3 Å². The summed E-state index contributed by atoms with van der Waals surface area (Å²) < 4.78 is 5.15. The lowest BCUT2D eigenvalue weighted by atomic mass is 10.2. The highest BCUT2D eigenvalue weighted by Crippen LogP contribution is 2.23. The van der Waals surface area contributed by atoms with E-state index in [0.29, 0.717) is 18.1 Å². The Morgan fingerprint density at radius 3 is 2.78 bits per heavy atom. The average molecular weight is 269 g/mol. The summed E-state index contributed by atoms with van der Waals surface area (Å²) in [4.78, 5) is 24.0. The van der Waals surface area contributed by atoms with Crippen LogP contribution in [-0.2, 0) is 9.53 Å². The van der Waals surface area contributed by atoms with Crippen LogP contribution in [0.15, 0.2) is 24.3 Å². The Bertz CT molecular complexity index is 461. The van der Waals surface area contributed by atoms with Gasteiger partial charge in [0.25, 0.3) is 0 Å². The van der Waals surface area contributed by atoms with Crippen LogP contribution in [-0.4, -0.2) is 31.2 Å². The van der Waals surface area contributed by atoms with Crippen molar-refractivity contribution in [2.24, 2.45) is 0 Å². The van der Waals surface area contributed by atoms with Crippen molar-refractivity contribution < 1.29 is 14.3 Å². The zero-order chi connectivity index (χ0) is 13.1. The Kier molecular flexibility index (Phi) is 3.72. The lowest BCUT2D eigenvalue weighted by molar-refractivity contribution is -0.119. The minimum absolute atomic E-state index is 0.143. The van der Waals surface area contributed by atoms with Crippen LogP contribution in [0.5, 0.6) is 0 Å². The van der Waals surface area contributed by atoms with Crippen LogP contribution in [0.2, 0.25) is 5.02 Å². The van der Waals surface area contributed by atoms with Crippen LogP contribution < -0.4 is 10.2 Å². The Morgan fingerprint density at radius 1 is 1.50 bits per heavy atom. The first-order valence-electron chi connectivity index (χ1n) is 5.54. The number of nitrogens with zero attached hydrogens (tertiary/aromatic N) is 1. The summed E-state index contributed by atoms with van der Waals surface area (Å²) in [7, 11) is 0. The van der Waals surface area contributed by atoms with Crippen molar-refractivity contribution in [1.82, 2.24) is 5.32 Å². The minimum Gasteiger partial charge on any atom is -0.442 e. The molecule has 0 bridgehead atoms. The maximum Gasteiger partial charge on any atom is 0.414 e. The van der Waals surface area contributed by atoms with Gasteiger partial charge in [-0.2, -0.15) is 0 Å². The molecule has 1 aromatic carbocycles. The molecular weight excluding hydrogens is 256 g/mol. The molecule has 0 aromatic heterocycles. The van der Waals surface area contributed by atoms with E-state index in [1.807, 2.05) is 0 Å². The molecule has 1 atom stereocenters. The van der Waals surface area contributed by atoms with Gasteiger partial charge in [-0.3, -0.25) is 9.69 Å². The summed E-state index contributed by atoms with van der Waals surface area (Å²) in [5.41, 5.74) is 0.731. The molecule has 1 aliphatic heterocycles. The zero-order valence-corrected chi connectivity index (χ0v) is 10.6. The molecule has 1 N–H and O–H groups in total. The number of hydrogen-bond donors (Lipinski definition) is 1. The smallest absolute Gasteiger partial charge is 0.414 e. The first-order valence-corrected chi connectivity index (χ1v) is 5.92. The third-order valence-corrected chi connectivity index (χ3v) is 2.84. The van der Waals surface area contributed by atoms with Gasteiger partial charge >= 0.3 is 6.09 Å². The third-order valence-electron chi connectivity index (χ3n) is 2.59. The summed E-state index contributed by atoms with van der Waals surface area (Å²) >= 11 is 5.79. The first-order chi connectivity index (χ1) is 8.56. The van der Waals surface area contributed by atoms with E-state index in [9.17, 15) is 9.59 Å². The molecule has 0 spiro atoms. The summed E-state index contributed by atoms with van der Waals surface area (Å²) in [6.45, 7) is 2.17. The maximum atomic E-state index is 11.7. The van der Waals surface area contributed by atoms with E-state index in [-0.39, 0.29) is 12.0 Å². The lowest BCUT2D eigenvalue weighted by Crippen LogP contribution is -2.33. The number of cyclic esters (lactones) is 1. The van der Waals surface area contributed by atoms with Crippen LogP contribution in [0.25, 0.3) is 0 Å². The van der Waals surface area contributed by atoms with Crippen LogP contribution in [0, 0.1) is 0 Å². The second-order valence-corrected chi connectivity index (χ2v) is 4.47. The van der Waals surface area contributed by atoms with Gasteiger partial charge in [0, 0.05) is 17.6 Å². The van der Waals surface area contributed by atoms with Crippen molar-refractivity contribution >= 4 is 29.3 Å². The number of carbonyl (C=O) groups is 2. The topological polar surface area (TPSA) is 58.6 Å². The largest absolute Gasteiger partial charge is 0.442 e. The number of anilines is 1. The van der Waals surface area contributed by atoms with E-state index >= 15 is 0 Å². The van der Waals surface area contributed by atoms with Crippen molar-refractivity contribution in [3.05, 3.63) is 29.3 Å². The highest BCUT2D eigenvalue weighted by molar-refractivity contribution is 6.30. The molecule has 6 heteroatoms. The molecule has 1 saturated heterocycles. The molecule has 1 heterocycles. The van der Waals surface area contributed by atoms with E-state index in [4.69, 9.17) is 16.3 Å². The van der Waals surface area contributed by atoms with Crippen LogP contribution in [0.4, 0.5) is 10.5 Å². The van der Waals surface area contributed by atoms with Crippen molar-refractivity contribution in [3.8, 4) is 0 Å². The van der Waals surface area contributed by atoms with Crippen LogP contribution >= 0.6 is 11.6 Å². The van der Waals surface area contributed by atoms with Gasteiger partial charge in [0.15, 0.2) is 0 Å². The van der Waals surface area contributed by atoms with Gasteiger partial charge in [-0.1, -0.05) is 11.6 Å². The number of rotatable bonds is 3. The average Bonchev–Trinajstić information content (AvgIpc) is 2.69. The fourth-order valence-corrected chi connectivity index (χ4v) is 1.84. The molecule has 1 fully saturated rings. The van der Waals surface area contributed by atoms with Crippen molar-refractivity contribution in [3.63, 3.8) is 0 Å². The van der Waals surface area contributed by atoms with E-state index < -0.39 is 6.09 Å². The summed E-state index contributed by atoms with van der Waals surface area (Å²) in [5, 5.41) is 3.24. The molecule has 2 amide bonds. The van der Waals surface area contributed by atoms with Gasteiger partial charge in [0.05, 0.1) is 13.1 Å². The number of nitrogens with one attached hydrogen (secondary N) is 1. The van der Waals surface area contributed by atoms with E-state index in [0.717, 1.165) is 5.69 Å². The Morgan fingerprint density at radius 2 is 2.17 bits per heavy atom. The molecule has 1 aliphatic rings. The maximum absolute atomic E-state index is 11.7. The SMILES string of the molecule is CC(=O)NC[C@H]1CN(c2ccc(Cl)cc2)C(=O)O1. The molecular formula is C12H13ClN2O3. The number of benzene rings is 1. The fraction of sp³-hybridized carbons (Fsp3) is 0.333. The lowest BCUT2D eigenvalue weighted by Gasteiger charge is -2.12. The predicted octanol–water partition coefficient (Wildman–Crippen LogP) is 1.80. The molecule has 0 aliphatic carbocycles. The first kappa shape index (κ1) is 12.7. The summed E-state index contributed by atoms with van der Waals surface area (Å²) in [6, 6.07) is 6.94. The zero-order valence-electron chi connectivity index (χ0n) is 9.85. The fourth-order valence-electron chi connectivity index (χ4n) is 1.72. The summed E-state index contributed by atoms with van der Waals surface area (Å²) in [6.07, 6.45) is -0.732. The Hall–Kier alpha value is -1.75. The van der Waals surface area contributed by atoms with Crippen LogP contribution in [0.3, 0.4) is 0 Å². The predicted molar refractivity (Wildman–Crippen MR) is 67.8 cm³/mol. The van der Waals surface area contributed by atoms with Gasteiger partial charge in [0.2, 0.25) is 5.91 Å². The van der Waals surface area contributed by atoms with Gasteiger partial charge in [0.1, 0.15) is 6.10 Å². The normalized spacial score (nSPS) is 18.7. The minimum atomic E-state index is -0.410. The standard InChI is InChI=1S/C12H13ClN2O3/c1-8(16)14-6-11-7-15(12(17)18-11)10-4-2-9(13)3-5-10/h2-5,11H,6-7H2,1H3,(H,14,16)/t11-/m0/s1. The number of hydrogen-bond acceptors (Lipinski definition) is 3. The second-order valence-electron chi connectivity index (χ2n) is 4.03. The molecule has 2 rings (SSSR count). The van der Waals surface area contributed by atoms with E-state index in [1.165, 1.54) is 11.8 Å². The van der Waals surface area contributed by atoms with Crippen molar-refractivity contribution in [2.75, 3.05) is 18.0 Å². The number of amides is 2. The highest BCUT2D eigenvalue weighted by atomic mass is 35.5. The molecule has 1 aromatic rings. The molecule has 0 radical (unpaired) electrons. The Balaban J connectivity index is 2.00. The third kappa shape index (κ3) is 2.92. The van der Waals surface area contributed by atoms with E-state index in [1.54, 1.807) is 24.3 Å². The van der Waals surface area contributed by atoms with Gasteiger partial charge in [-0.25, -0.2) is 4.79 Å². The number of carbonyl (C=O) groups excluding carboxylic acids is 2. The van der Waals surface area contributed by atoms with Gasteiger partial charge < -0.3 is 10.1 Å². The molecule has 18 heavy (non-hydrogen) atoms. The monoisotopic (exact) mass is 268 g/mol. The molecule has 0 saturated carbocycles. The summed E-state index contributed by atoms with van der Waals surface area (Å²) in [5.74, 6) is -0.143. The number of halogens is 1. The quantitative estimate of drug-likeness (QED) is 0.909. The molecule has 96 valence electrons. The van der Waals surface area contributed by atoms with Crippen LogP contribution in [0.1, 0.15) is 6.92 Å². The van der Waals surface area contributed by atoms with Gasteiger partial charge in [-0.15, -0.1) is 0 Å². The van der Waals surface area contributed by atoms with Crippen molar-refractivity contribution in [1.29, 1.82) is 0 Å². The van der Waals surface area contributed by atoms with E-state index in [2.05, 4.69) is 5.32 Å². The molecule has 0 unspecified atom stereocenters. The second kappa shape index (κ2) is 5.27. The Labute approximate surface area is 110 Å². The van der Waals surface area contributed by atoms with Crippen molar-refractivity contribution in [2.45, 2.75) is 13.0 Å².